The first-order chi connectivity index (χ1) is 7.78. The van der Waals surface area contributed by atoms with Gasteiger partial charge in [0.25, 0.3) is 0 Å². The van der Waals surface area contributed by atoms with Crippen molar-refractivity contribution in [2.24, 2.45) is 0 Å². The molecule has 96 valence electrons. The number of furan rings is 1. The summed E-state index contributed by atoms with van der Waals surface area (Å²) in [6.45, 7) is 8.23. The number of amides is 1. The molecule has 0 atom stereocenters. The van der Waals surface area contributed by atoms with Crippen molar-refractivity contribution in [2.45, 2.75) is 39.8 Å². The number of ether oxygens (including phenoxy) is 1. The van der Waals surface area contributed by atoms with Crippen molar-refractivity contribution in [3.8, 4) is 0 Å². The lowest BCUT2D eigenvalue weighted by atomic mass is 10.2. The summed E-state index contributed by atoms with van der Waals surface area (Å²) in [6, 6.07) is 3.77. The maximum Gasteiger partial charge on any atom is 0.248 e. The van der Waals surface area contributed by atoms with Crippen LogP contribution in [0.4, 0.5) is 0 Å². The summed E-state index contributed by atoms with van der Waals surface area (Å²) >= 11 is 0. The lowest BCUT2D eigenvalue weighted by molar-refractivity contribution is -0.140. The van der Waals surface area contributed by atoms with Gasteiger partial charge in [0.1, 0.15) is 18.1 Å². The van der Waals surface area contributed by atoms with E-state index in [1.807, 2.05) is 39.8 Å². The van der Waals surface area contributed by atoms with E-state index in [0.717, 1.165) is 11.5 Å². The number of likely N-dealkylation sites (N-methyl/N-ethyl adjacent to an activating group) is 1. The fourth-order valence-electron chi connectivity index (χ4n) is 1.28. The molecule has 4 heteroatoms. The van der Waals surface area contributed by atoms with Gasteiger partial charge in [-0.2, -0.15) is 0 Å². The summed E-state index contributed by atoms with van der Waals surface area (Å²) < 4.78 is 10.8. The number of hydrogen-bond acceptors (Lipinski definition) is 3. The molecule has 1 aromatic heterocycles. The van der Waals surface area contributed by atoms with Gasteiger partial charge in [0, 0.05) is 7.05 Å². The molecule has 0 saturated carbocycles. The molecule has 17 heavy (non-hydrogen) atoms. The van der Waals surface area contributed by atoms with E-state index in [4.69, 9.17) is 9.15 Å². The fraction of sp³-hybridized carbons (Fsp3) is 0.615. The van der Waals surface area contributed by atoms with Crippen molar-refractivity contribution >= 4 is 5.91 Å². The number of hydrogen-bond donors (Lipinski definition) is 0. The summed E-state index contributed by atoms with van der Waals surface area (Å²) in [7, 11) is 1.74. The first-order valence-corrected chi connectivity index (χ1v) is 5.71. The molecule has 0 unspecified atom stereocenters. The van der Waals surface area contributed by atoms with E-state index in [1.165, 1.54) is 0 Å². The van der Waals surface area contributed by atoms with Crippen molar-refractivity contribution in [1.82, 2.24) is 4.90 Å². The van der Waals surface area contributed by atoms with Crippen molar-refractivity contribution in [2.75, 3.05) is 13.7 Å². The second kappa shape index (κ2) is 5.36. The van der Waals surface area contributed by atoms with E-state index in [1.54, 1.807) is 11.9 Å². The Hall–Kier alpha value is -1.29. The number of aryl methyl sites for hydroxylation is 1. The molecule has 0 aliphatic heterocycles. The topological polar surface area (TPSA) is 42.7 Å². The molecule has 0 fully saturated rings. The number of carbonyl (C=O) groups is 1. The molecule has 0 radical (unpaired) electrons. The van der Waals surface area contributed by atoms with Gasteiger partial charge in [0.05, 0.1) is 12.1 Å². The maximum atomic E-state index is 11.8. The predicted molar refractivity (Wildman–Crippen MR) is 65.6 cm³/mol. The van der Waals surface area contributed by atoms with Gasteiger partial charge >= 0.3 is 0 Å². The third kappa shape index (κ3) is 5.04. The summed E-state index contributed by atoms with van der Waals surface area (Å²) in [5.41, 5.74) is -0.294. The smallest absolute Gasteiger partial charge is 0.248 e. The zero-order valence-corrected chi connectivity index (χ0v) is 11.2. The van der Waals surface area contributed by atoms with Crippen molar-refractivity contribution < 1.29 is 13.9 Å². The molecule has 4 nitrogen and oxygen atoms in total. The van der Waals surface area contributed by atoms with Gasteiger partial charge < -0.3 is 14.1 Å². The van der Waals surface area contributed by atoms with Gasteiger partial charge in [-0.25, -0.2) is 0 Å². The van der Waals surface area contributed by atoms with E-state index in [2.05, 4.69) is 0 Å². The molecule has 1 rings (SSSR count). The van der Waals surface area contributed by atoms with Gasteiger partial charge in [-0.05, 0) is 39.8 Å². The minimum Gasteiger partial charge on any atom is -0.464 e. The highest BCUT2D eigenvalue weighted by Crippen LogP contribution is 2.10. The summed E-state index contributed by atoms with van der Waals surface area (Å²) in [6.07, 6.45) is 0. The highest BCUT2D eigenvalue weighted by atomic mass is 16.5. The second-order valence-corrected chi connectivity index (χ2v) is 5.16. The zero-order chi connectivity index (χ0) is 13.1. The SMILES string of the molecule is Cc1ccc(CN(C)C(=O)COC(C)(C)C)o1. The van der Waals surface area contributed by atoms with Crippen LogP contribution in [0.2, 0.25) is 0 Å². The number of carbonyl (C=O) groups excluding carboxylic acids is 1. The Balaban J connectivity index is 2.42. The predicted octanol–water partition coefficient (Wildman–Crippen LogP) is 2.36. The summed E-state index contributed by atoms with van der Waals surface area (Å²) in [5, 5.41) is 0. The molecule has 0 spiro atoms. The average molecular weight is 239 g/mol. The Kier molecular flexibility index (Phi) is 4.34. The van der Waals surface area contributed by atoms with Crippen LogP contribution in [0.1, 0.15) is 32.3 Å². The van der Waals surface area contributed by atoms with Gasteiger partial charge in [-0.1, -0.05) is 0 Å². The molecule has 0 aliphatic rings. The van der Waals surface area contributed by atoms with Gasteiger partial charge in [-0.15, -0.1) is 0 Å². The normalized spacial score (nSPS) is 11.6. The standard InChI is InChI=1S/C13H21NO3/c1-10-6-7-11(17-10)8-14(5)12(15)9-16-13(2,3)4/h6-7H,8-9H2,1-5H3. The molecule has 1 heterocycles. The summed E-state index contributed by atoms with van der Waals surface area (Å²) in [4.78, 5) is 13.4. The Morgan fingerprint density at radius 3 is 2.53 bits per heavy atom. The highest BCUT2D eigenvalue weighted by molar-refractivity contribution is 5.77. The summed E-state index contributed by atoms with van der Waals surface area (Å²) in [5.74, 6) is 1.59. The number of rotatable bonds is 4. The molecule has 1 aromatic rings. The molecule has 0 aromatic carbocycles. The Bertz CT molecular complexity index is 376. The molecular weight excluding hydrogens is 218 g/mol. The number of nitrogens with zero attached hydrogens (tertiary/aromatic N) is 1. The van der Waals surface area contributed by atoms with Gasteiger partial charge in [0.2, 0.25) is 5.91 Å². The quantitative estimate of drug-likeness (QED) is 0.810. The van der Waals surface area contributed by atoms with E-state index in [0.29, 0.717) is 6.54 Å². The molecule has 0 bridgehead atoms. The largest absolute Gasteiger partial charge is 0.464 e. The highest BCUT2D eigenvalue weighted by Gasteiger charge is 2.16. The van der Waals surface area contributed by atoms with Gasteiger partial charge in [-0.3, -0.25) is 4.79 Å². The van der Waals surface area contributed by atoms with Gasteiger partial charge in [0.15, 0.2) is 0 Å². The molecule has 0 N–H and O–H groups in total. The van der Waals surface area contributed by atoms with Crippen LogP contribution >= 0.6 is 0 Å². The van der Waals surface area contributed by atoms with Crippen molar-refractivity contribution in [3.63, 3.8) is 0 Å². The van der Waals surface area contributed by atoms with Crippen molar-refractivity contribution in [3.05, 3.63) is 23.7 Å². The molecule has 1 amide bonds. The first-order valence-electron chi connectivity index (χ1n) is 5.71. The molecule has 0 aliphatic carbocycles. The van der Waals surface area contributed by atoms with Crippen LogP contribution in [0, 0.1) is 6.92 Å². The van der Waals surface area contributed by atoms with Crippen LogP contribution in [0.5, 0.6) is 0 Å². The molecule has 0 saturated heterocycles. The van der Waals surface area contributed by atoms with Crippen LogP contribution in [0.15, 0.2) is 16.5 Å². The third-order valence-electron chi connectivity index (χ3n) is 2.24. The van der Waals surface area contributed by atoms with E-state index in [-0.39, 0.29) is 18.1 Å². The van der Waals surface area contributed by atoms with Crippen LogP contribution in [0.3, 0.4) is 0 Å². The maximum absolute atomic E-state index is 11.8. The van der Waals surface area contributed by atoms with E-state index >= 15 is 0 Å². The minimum absolute atomic E-state index is 0.0472. The monoisotopic (exact) mass is 239 g/mol. The fourth-order valence-corrected chi connectivity index (χ4v) is 1.28. The minimum atomic E-state index is -0.294. The van der Waals surface area contributed by atoms with Crippen LogP contribution in [0.25, 0.3) is 0 Å². The lowest BCUT2D eigenvalue weighted by Gasteiger charge is -2.22. The third-order valence-corrected chi connectivity index (χ3v) is 2.24. The second-order valence-electron chi connectivity index (χ2n) is 5.16. The van der Waals surface area contributed by atoms with E-state index < -0.39 is 0 Å². The van der Waals surface area contributed by atoms with Crippen LogP contribution in [-0.2, 0) is 16.1 Å². The van der Waals surface area contributed by atoms with Crippen LogP contribution in [-0.4, -0.2) is 30.1 Å². The lowest BCUT2D eigenvalue weighted by Crippen LogP contribution is -2.33. The molecular formula is C13H21NO3. The zero-order valence-electron chi connectivity index (χ0n) is 11.2. The Morgan fingerprint density at radius 1 is 1.41 bits per heavy atom. The van der Waals surface area contributed by atoms with Crippen molar-refractivity contribution in [1.29, 1.82) is 0 Å². The first kappa shape index (κ1) is 13.8. The van der Waals surface area contributed by atoms with E-state index in [9.17, 15) is 4.79 Å². The van der Waals surface area contributed by atoms with Crippen LogP contribution < -0.4 is 0 Å². The Labute approximate surface area is 103 Å². The Morgan fingerprint density at radius 2 is 2.06 bits per heavy atom. The average Bonchev–Trinajstić information content (AvgIpc) is 2.59.